The average molecular weight is 451 g/mol. The first kappa shape index (κ1) is 21.1. The zero-order chi connectivity index (χ0) is 23.1. The van der Waals surface area contributed by atoms with Crippen molar-refractivity contribution in [2.24, 2.45) is 5.92 Å². The second-order valence-corrected chi connectivity index (χ2v) is 8.44. The normalized spacial score (nSPS) is 16.7. The molecule has 33 heavy (non-hydrogen) atoms. The summed E-state index contributed by atoms with van der Waals surface area (Å²) in [6.45, 7) is 0.732. The monoisotopic (exact) mass is 451 g/mol. The number of halogens is 3. The minimum atomic E-state index is -4.56. The summed E-state index contributed by atoms with van der Waals surface area (Å²) in [6, 6.07) is 11.2. The summed E-state index contributed by atoms with van der Waals surface area (Å²) < 4.78 is 39.5. The SMILES string of the molecule is N#CC1(c2cc(Nc3cc(NCC4CC4)nc(-c4cccc(C(F)(F)F)n4)n3)ccn2)CC1. The van der Waals surface area contributed by atoms with Crippen LogP contribution in [0.4, 0.5) is 30.5 Å². The number of alkyl halides is 3. The quantitative estimate of drug-likeness (QED) is 0.517. The Morgan fingerprint density at radius 3 is 2.55 bits per heavy atom. The Morgan fingerprint density at radius 2 is 1.85 bits per heavy atom. The van der Waals surface area contributed by atoms with Crippen LogP contribution in [0.2, 0.25) is 0 Å². The van der Waals surface area contributed by atoms with Crippen LogP contribution in [0.3, 0.4) is 0 Å². The zero-order valence-corrected chi connectivity index (χ0v) is 17.5. The lowest BCUT2D eigenvalue weighted by Crippen LogP contribution is -2.10. The predicted molar refractivity (Wildman–Crippen MR) is 116 cm³/mol. The predicted octanol–water partition coefficient (Wildman–Crippen LogP) is 5.07. The van der Waals surface area contributed by atoms with Gasteiger partial charge in [-0.1, -0.05) is 6.07 Å². The molecule has 10 heteroatoms. The fourth-order valence-corrected chi connectivity index (χ4v) is 3.47. The van der Waals surface area contributed by atoms with E-state index in [1.54, 1.807) is 24.4 Å². The fourth-order valence-electron chi connectivity index (χ4n) is 3.47. The first-order chi connectivity index (χ1) is 15.8. The van der Waals surface area contributed by atoms with E-state index in [1.807, 2.05) is 0 Å². The second-order valence-electron chi connectivity index (χ2n) is 8.44. The number of aromatic nitrogens is 4. The molecule has 0 spiro atoms. The van der Waals surface area contributed by atoms with Crippen molar-refractivity contribution in [1.29, 1.82) is 5.26 Å². The number of pyridine rings is 2. The molecule has 0 amide bonds. The summed E-state index contributed by atoms with van der Waals surface area (Å²) >= 11 is 0. The largest absolute Gasteiger partial charge is 0.433 e. The van der Waals surface area contributed by atoms with Gasteiger partial charge in [0, 0.05) is 24.5 Å². The summed E-state index contributed by atoms with van der Waals surface area (Å²) in [6.07, 6.45) is 0.892. The summed E-state index contributed by atoms with van der Waals surface area (Å²) in [5, 5.41) is 15.9. The average Bonchev–Trinajstić information content (AvgIpc) is 3.73. The third-order valence-electron chi connectivity index (χ3n) is 5.75. The first-order valence-electron chi connectivity index (χ1n) is 10.7. The van der Waals surface area contributed by atoms with Gasteiger partial charge in [-0.05, 0) is 55.9 Å². The van der Waals surface area contributed by atoms with Gasteiger partial charge in [-0.25, -0.2) is 15.0 Å². The Kier molecular flexibility index (Phi) is 5.12. The molecule has 0 bridgehead atoms. The van der Waals surface area contributed by atoms with Gasteiger partial charge in [0.15, 0.2) is 5.82 Å². The third-order valence-corrected chi connectivity index (χ3v) is 5.75. The highest BCUT2D eigenvalue weighted by Gasteiger charge is 2.46. The lowest BCUT2D eigenvalue weighted by atomic mass is 10.0. The van der Waals surface area contributed by atoms with Crippen LogP contribution in [0.15, 0.2) is 42.6 Å². The van der Waals surface area contributed by atoms with Crippen molar-refractivity contribution in [2.45, 2.75) is 37.3 Å². The molecule has 168 valence electrons. The van der Waals surface area contributed by atoms with Crippen LogP contribution in [-0.2, 0) is 11.6 Å². The molecule has 2 N–H and O–H groups in total. The minimum absolute atomic E-state index is 0.0276. The molecule has 0 aliphatic heterocycles. The summed E-state index contributed by atoms with van der Waals surface area (Å²) in [7, 11) is 0. The molecule has 0 radical (unpaired) electrons. The van der Waals surface area contributed by atoms with Crippen molar-refractivity contribution in [2.75, 3.05) is 17.2 Å². The number of hydrogen-bond donors (Lipinski definition) is 2. The Morgan fingerprint density at radius 1 is 1.06 bits per heavy atom. The maximum Gasteiger partial charge on any atom is 0.433 e. The molecule has 3 heterocycles. The van der Waals surface area contributed by atoms with Gasteiger partial charge in [-0.15, -0.1) is 0 Å². The van der Waals surface area contributed by atoms with Crippen molar-refractivity contribution in [3.8, 4) is 17.6 Å². The minimum Gasteiger partial charge on any atom is -0.370 e. The highest BCUT2D eigenvalue weighted by molar-refractivity contribution is 5.64. The van der Waals surface area contributed by atoms with Crippen LogP contribution in [0.1, 0.15) is 37.1 Å². The van der Waals surface area contributed by atoms with Crippen LogP contribution < -0.4 is 10.6 Å². The lowest BCUT2D eigenvalue weighted by molar-refractivity contribution is -0.141. The maximum atomic E-state index is 13.2. The number of nitrogens with zero attached hydrogens (tertiary/aromatic N) is 5. The first-order valence-corrected chi connectivity index (χ1v) is 10.7. The summed E-state index contributed by atoms with van der Waals surface area (Å²) in [5.74, 6) is 1.55. The Labute approximate surface area is 188 Å². The number of nitriles is 1. The van der Waals surface area contributed by atoms with Gasteiger partial charge in [0.1, 0.15) is 23.0 Å². The van der Waals surface area contributed by atoms with E-state index >= 15 is 0 Å². The molecule has 5 rings (SSSR count). The molecular weight excluding hydrogens is 431 g/mol. The molecule has 3 aromatic heterocycles. The Bertz CT molecular complexity index is 1230. The summed E-state index contributed by atoms with van der Waals surface area (Å²) in [5.41, 5.74) is -0.139. The van der Waals surface area contributed by atoms with E-state index in [0.717, 1.165) is 38.3 Å². The van der Waals surface area contributed by atoms with E-state index in [4.69, 9.17) is 0 Å². The molecule has 7 nitrogen and oxygen atoms in total. The van der Waals surface area contributed by atoms with E-state index in [0.29, 0.717) is 28.9 Å². The van der Waals surface area contributed by atoms with Crippen molar-refractivity contribution >= 4 is 17.3 Å². The molecule has 2 fully saturated rings. The van der Waals surface area contributed by atoms with Crippen LogP contribution in [0.25, 0.3) is 11.5 Å². The smallest absolute Gasteiger partial charge is 0.370 e. The third kappa shape index (κ3) is 4.72. The molecular formula is C23H20F3N7. The van der Waals surface area contributed by atoms with Gasteiger partial charge >= 0.3 is 6.18 Å². The van der Waals surface area contributed by atoms with E-state index < -0.39 is 17.3 Å². The Balaban J connectivity index is 1.48. The molecule has 3 aromatic rings. The number of hydrogen-bond acceptors (Lipinski definition) is 7. The maximum absolute atomic E-state index is 13.2. The van der Waals surface area contributed by atoms with Gasteiger partial charge in [-0.2, -0.15) is 18.4 Å². The van der Waals surface area contributed by atoms with Gasteiger partial charge < -0.3 is 10.6 Å². The lowest BCUT2D eigenvalue weighted by Gasteiger charge is -2.13. The van der Waals surface area contributed by atoms with Crippen LogP contribution >= 0.6 is 0 Å². The standard InChI is InChI=1S/C23H20F3N7/c24-23(25,26)17-3-1-2-16(31-17)21-32-19(29-12-14-4-5-14)11-20(33-21)30-15-6-9-28-18(10-15)22(13-27)7-8-22/h1-3,6,9-11,14H,4-5,7-8,12H2,(H2,28,29,30,32,33). The molecule has 0 atom stereocenters. The highest BCUT2D eigenvalue weighted by atomic mass is 19.4. The van der Waals surface area contributed by atoms with E-state index in [-0.39, 0.29) is 11.5 Å². The zero-order valence-electron chi connectivity index (χ0n) is 17.5. The number of rotatable bonds is 7. The van der Waals surface area contributed by atoms with E-state index in [2.05, 4.69) is 36.6 Å². The molecule has 2 aliphatic carbocycles. The highest BCUT2D eigenvalue weighted by Crippen LogP contribution is 2.47. The van der Waals surface area contributed by atoms with Crippen LogP contribution in [-0.4, -0.2) is 26.5 Å². The van der Waals surface area contributed by atoms with Crippen molar-refractivity contribution in [1.82, 2.24) is 19.9 Å². The fraction of sp³-hybridized carbons (Fsp3) is 0.348. The van der Waals surface area contributed by atoms with Crippen molar-refractivity contribution in [3.05, 3.63) is 54.0 Å². The molecule has 2 saturated carbocycles. The topological polar surface area (TPSA) is 99.4 Å². The van der Waals surface area contributed by atoms with Gasteiger partial charge in [0.2, 0.25) is 0 Å². The van der Waals surface area contributed by atoms with E-state index in [1.165, 1.54) is 12.1 Å². The van der Waals surface area contributed by atoms with Crippen LogP contribution in [0, 0.1) is 17.2 Å². The van der Waals surface area contributed by atoms with Crippen molar-refractivity contribution in [3.63, 3.8) is 0 Å². The van der Waals surface area contributed by atoms with E-state index in [9.17, 15) is 18.4 Å². The Hall–Kier alpha value is -3.74. The van der Waals surface area contributed by atoms with Gasteiger partial charge in [-0.3, -0.25) is 4.98 Å². The summed E-state index contributed by atoms with van der Waals surface area (Å²) in [4.78, 5) is 16.9. The molecule has 0 aromatic carbocycles. The van der Waals surface area contributed by atoms with Gasteiger partial charge in [0.05, 0.1) is 17.2 Å². The number of nitrogens with one attached hydrogen (secondary N) is 2. The molecule has 0 saturated heterocycles. The number of anilines is 3. The molecule has 0 unspecified atom stereocenters. The van der Waals surface area contributed by atoms with Crippen molar-refractivity contribution < 1.29 is 13.2 Å². The molecule has 2 aliphatic rings. The second kappa shape index (κ2) is 7.99. The van der Waals surface area contributed by atoms with Gasteiger partial charge in [0.25, 0.3) is 0 Å². The van der Waals surface area contributed by atoms with Crippen LogP contribution in [0.5, 0.6) is 0 Å².